The zero-order valence-corrected chi connectivity index (χ0v) is 10.3. The van der Waals surface area contributed by atoms with E-state index in [1.165, 1.54) is 11.9 Å². The summed E-state index contributed by atoms with van der Waals surface area (Å²) in [5.41, 5.74) is 0. The molecule has 0 bridgehead atoms. The third-order valence-electron chi connectivity index (χ3n) is 3.19. The van der Waals surface area contributed by atoms with Gasteiger partial charge in [0.25, 0.3) is 0 Å². The van der Waals surface area contributed by atoms with Gasteiger partial charge in [0.1, 0.15) is 6.54 Å². The van der Waals surface area contributed by atoms with Gasteiger partial charge in [0.15, 0.2) is 0 Å². The number of amides is 2. The highest BCUT2D eigenvalue weighted by Gasteiger charge is 2.30. The highest BCUT2D eigenvalue weighted by molar-refractivity contribution is 5.80. The average Bonchev–Trinajstić information content (AvgIpc) is 2.27. The summed E-state index contributed by atoms with van der Waals surface area (Å²) in [5.74, 6) is -1.04. The summed E-state index contributed by atoms with van der Waals surface area (Å²) >= 11 is 0. The van der Waals surface area contributed by atoms with Crippen LogP contribution in [0.4, 0.5) is 4.79 Å². The van der Waals surface area contributed by atoms with Gasteiger partial charge in [-0.1, -0.05) is 12.8 Å². The number of carbonyl (C=O) groups excluding carboxylic acids is 1. The first-order valence-corrected chi connectivity index (χ1v) is 5.81. The first-order chi connectivity index (χ1) is 7.93. The van der Waals surface area contributed by atoms with Crippen molar-refractivity contribution < 1.29 is 19.8 Å². The summed E-state index contributed by atoms with van der Waals surface area (Å²) in [5, 5.41) is 18.4. The van der Waals surface area contributed by atoms with Crippen molar-refractivity contribution in [3.63, 3.8) is 0 Å². The fraction of sp³-hybridized carbons (Fsp3) is 0.818. The Morgan fingerprint density at radius 3 is 2.35 bits per heavy atom. The molecule has 0 aromatic heterocycles. The lowest BCUT2D eigenvalue weighted by molar-refractivity contribution is -0.137. The fourth-order valence-electron chi connectivity index (χ4n) is 2.23. The molecule has 2 N–H and O–H groups in total. The van der Waals surface area contributed by atoms with Crippen molar-refractivity contribution in [3.05, 3.63) is 0 Å². The molecule has 2 amide bonds. The quantitative estimate of drug-likeness (QED) is 0.751. The van der Waals surface area contributed by atoms with Crippen molar-refractivity contribution in [1.29, 1.82) is 0 Å². The zero-order chi connectivity index (χ0) is 13.0. The Labute approximate surface area is 101 Å². The van der Waals surface area contributed by atoms with Gasteiger partial charge in [-0.2, -0.15) is 0 Å². The number of likely N-dealkylation sites (N-methyl/N-ethyl adjacent to an activating group) is 2. The van der Waals surface area contributed by atoms with Crippen molar-refractivity contribution in [1.82, 2.24) is 9.80 Å². The molecule has 0 aliphatic heterocycles. The number of hydrogen-bond acceptors (Lipinski definition) is 3. The van der Waals surface area contributed by atoms with E-state index < -0.39 is 12.1 Å². The molecule has 1 aliphatic carbocycles. The van der Waals surface area contributed by atoms with Crippen LogP contribution < -0.4 is 0 Å². The second-order valence-electron chi connectivity index (χ2n) is 4.56. The number of urea groups is 1. The molecular formula is C11H20N2O4. The molecule has 1 aliphatic rings. The van der Waals surface area contributed by atoms with Crippen LogP contribution in [0.15, 0.2) is 0 Å². The molecule has 0 radical (unpaired) electrons. The lowest BCUT2D eigenvalue weighted by atomic mass is 9.92. The Kier molecular flexibility index (Phi) is 4.74. The molecule has 0 heterocycles. The van der Waals surface area contributed by atoms with E-state index in [0.29, 0.717) is 6.42 Å². The van der Waals surface area contributed by atoms with Gasteiger partial charge in [0, 0.05) is 14.1 Å². The normalized spacial score (nSPS) is 24.2. The van der Waals surface area contributed by atoms with E-state index in [1.54, 1.807) is 7.05 Å². The number of aliphatic carboxylic acids is 1. The molecule has 1 saturated carbocycles. The number of carbonyl (C=O) groups is 2. The highest BCUT2D eigenvalue weighted by Crippen LogP contribution is 2.22. The molecule has 2 unspecified atom stereocenters. The van der Waals surface area contributed by atoms with Crippen LogP contribution >= 0.6 is 0 Å². The number of aliphatic hydroxyl groups excluding tert-OH is 1. The van der Waals surface area contributed by atoms with Crippen molar-refractivity contribution in [2.45, 2.75) is 37.8 Å². The summed E-state index contributed by atoms with van der Waals surface area (Å²) in [6.45, 7) is -0.327. The molecule has 17 heavy (non-hydrogen) atoms. The van der Waals surface area contributed by atoms with E-state index in [4.69, 9.17) is 5.11 Å². The van der Waals surface area contributed by atoms with E-state index >= 15 is 0 Å². The highest BCUT2D eigenvalue weighted by atomic mass is 16.4. The van der Waals surface area contributed by atoms with Crippen LogP contribution in [0.3, 0.4) is 0 Å². The van der Waals surface area contributed by atoms with Gasteiger partial charge in [-0.05, 0) is 12.8 Å². The van der Waals surface area contributed by atoms with E-state index in [9.17, 15) is 14.7 Å². The maximum absolute atomic E-state index is 11.9. The SMILES string of the molecule is CN(CC(=O)O)C(=O)N(C)C1CCCCC1O. The topological polar surface area (TPSA) is 81.1 Å². The minimum atomic E-state index is -1.04. The number of rotatable bonds is 3. The van der Waals surface area contributed by atoms with Gasteiger partial charge >= 0.3 is 12.0 Å². The van der Waals surface area contributed by atoms with E-state index in [0.717, 1.165) is 24.2 Å². The lowest BCUT2D eigenvalue weighted by Crippen LogP contribution is -2.51. The fourth-order valence-corrected chi connectivity index (χ4v) is 2.23. The van der Waals surface area contributed by atoms with E-state index in [1.807, 2.05) is 0 Å². The molecular weight excluding hydrogens is 224 g/mol. The van der Waals surface area contributed by atoms with Crippen LogP contribution in [0.25, 0.3) is 0 Å². The molecule has 0 aromatic carbocycles. The summed E-state index contributed by atoms with van der Waals surface area (Å²) < 4.78 is 0. The monoisotopic (exact) mass is 244 g/mol. The smallest absolute Gasteiger partial charge is 0.323 e. The third-order valence-corrected chi connectivity index (χ3v) is 3.19. The van der Waals surface area contributed by atoms with Gasteiger partial charge in [-0.15, -0.1) is 0 Å². The molecule has 1 fully saturated rings. The van der Waals surface area contributed by atoms with Crippen molar-refractivity contribution >= 4 is 12.0 Å². The summed E-state index contributed by atoms with van der Waals surface area (Å²) in [6.07, 6.45) is 2.93. The molecule has 0 aromatic rings. The minimum Gasteiger partial charge on any atom is -0.480 e. The number of aliphatic hydroxyl groups is 1. The molecule has 0 spiro atoms. The molecule has 1 rings (SSSR count). The van der Waals surface area contributed by atoms with Gasteiger partial charge in [0.2, 0.25) is 0 Å². The Balaban J connectivity index is 2.58. The second-order valence-corrected chi connectivity index (χ2v) is 4.56. The molecule has 2 atom stereocenters. The Morgan fingerprint density at radius 1 is 1.24 bits per heavy atom. The summed E-state index contributed by atoms with van der Waals surface area (Å²) in [7, 11) is 3.06. The lowest BCUT2D eigenvalue weighted by Gasteiger charge is -2.36. The van der Waals surface area contributed by atoms with Crippen LogP contribution in [0, 0.1) is 0 Å². The summed E-state index contributed by atoms with van der Waals surface area (Å²) in [4.78, 5) is 25.0. The van der Waals surface area contributed by atoms with Crippen molar-refractivity contribution in [2.24, 2.45) is 0 Å². The summed E-state index contributed by atoms with van der Waals surface area (Å²) in [6, 6.07) is -0.564. The van der Waals surface area contributed by atoms with Crippen LogP contribution in [0.5, 0.6) is 0 Å². The number of hydrogen-bond donors (Lipinski definition) is 2. The van der Waals surface area contributed by atoms with Crippen LogP contribution in [-0.2, 0) is 4.79 Å². The van der Waals surface area contributed by atoms with Gasteiger partial charge in [-0.25, -0.2) is 4.79 Å². The van der Waals surface area contributed by atoms with Crippen LogP contribution in [-0.4, -0.2) is 64.8 Å². The Hall–Kier alpha value is -1.30. The third kappa shape index (κ3) is 3.59. The first kappa shape index (κ1) is 13.8. The number of nitrogens with zero attached hydrogens (tertiary/aromatic N) is 2. The molecule has 98 valence electrons. The molecule has 6 heteroatoms. The van der Waals surface area contributed by atoms with Crippen LogP contribution in [0.1, 0.15) is 25.7 Å². The van der Waals surface area contributed by atoms with Gasteiger partial charge in [0.05, 0.1) is 12.1 Å². The maximum Gasteiger partial charge on any atom is 0.323 e. The standard InChI is InChI=1S/C11H20N2O4/c1-12(7-10(15)16)11(17)13(2)8-5-3-4-6-9(8)14/h8-9,14H,3-7H2,1-2H3,(H,15,16). The zero-order valence-electron chi connectivity index (χ0n) is 10.3. The Morgan fingerprint density at radius 2 is 1.82 bits per heavy atom. The average molecular weight is 244 g/mol. The van der Waals surface area contributed by atoms with E-state index in [-0.39, 0.29) is 18.6 Å². The first-order valence-electron chi connectivity index (χ1n) is 5.81. The predicted molar refractivity (Wildman–Crippen MR) is 61.7 cm³/mol. The van der Waals surface area contributed by atoms with Crippen LogP contribution in [0.2, 0.25) is 0 Å². The molecule has 0 saturated heterocycles. The van der Waals surface area contributed by atoms with Gasteiger partial charge < -0.3 is 20.0 Å². The Bertz CT molecular complexity index is 295. The predicted octanol–water partition coefficient (Wildman–Crippen LogP) is 0.358. The molecule has 6 nitrogen and oxygen atoms in total. The largest absolute Gasteiger partial charge is 0.480 e. The maximum atomic E-state index is 11.9. The van der Waals surface area contributed by atoms with Crippen molar-refractivity contribution in [2.75, 3.05) is 20.6 Å². The van der Waals surface area contributed by atoms with Gasteiger partial charge in [-0.3, -0.25) is 4.79 Å². The minimum absolute atomic E-state index is 0.201. The number of carboxylic acid groups (broad SMARTS) is 1. The second kappa shape index (κ2) is 5.86. The number of carboxylic acids is 1. The van der Waals surface area contributed by atoms with Crippen molar-refractivity contribution in [3.8, 4) is 0 Å². The van der Waals surface area contributed by atoms with E-state index in [2.05, 4.69) is 0 Å².